The van der Waals surface area contributed by atoms with Crippen LogP contribution in [0.1, 0.15) is 16.7 Å². The first-order chi connectivity index (χ1) is 13.8. The van der Waals surface area contributed by atoms with Gasteiger partial charge in [-0.15, -0.1) is 0 Å². The van der Waals surface area contributed by atoms with Gasteiger partial charge in [0.25, 0.3) is 0 Å². The van der Waals surface area contributed by atoms with E-state index >= 15 is 0 Å². The van der Waals surface area contributed by atoms with Gasteiger partial charge in [-0.25, -0.2) is 13.4 Å². The highest BCUT2D eigenvalue weighted by molar-refractivity contribution is 7.92. The van der Waals surface area contributed by atoms with E-state index in [2.05, 4.69) is 59.5 Å². The predicted octanol–water partition coefficient (Wildman–Crippen LogP) is 4.74. The molecule has 0 unspecified atom stereocenters. The van der Waals surface area contributed by atoms with Gasteiger partial charge in [0, 0.05) is 17.8 Å². The number of aromatic nitrogens is 2. The number of nitrogens with zero attached hydrogens (tertiary/aromatic N) is 2. The number of hydrogen-bond acceptors (Lipinski definition) is 3. The Morgan fingerprint density at radius 1 is 0.931 bits per heavy atom. The van der Waals surface area contributed by atoms with Gasteiger partial charge in [0.2, 0.25) is 10.0 Å². The lowest BCUT2D eigenvalue weighted by atomic mass is 10.1. The molecule has 3 aromatic carbocycles. The molecule has 0 aliphatic carbocycles. The average Bonchev–Trinajstić information content (AvgIpc) is 3.00. The van der Waals surface area contributed by atoms with Crippen molar-refractivity contribution in [1.82, 2.24) is 9.55 Å². The number of sulfonamides is 1. The Hall–Kier alpha value is -3.12. The van der Waals surface area contributed by atoms with E-state index in [-0.39, 0.29) is 0 Å². The fraction of sp³-hybridized carbons (Fsp3) is 0.174. The molecule has 6 heteroatoms. The molecule has 0 radical (unpaired) electrons. The molecular weight excluding hydrogens is 382 g/mol. The van der Waals surface area contributed by atoms with Crippen molar-refractivity contribution in [3.8, 4) is 11.4 Å². The van der Waals surface area contributed by atoms with Crippen molar-refractivity contribution in [3.05, 3.63) is 83.4 Å². The third kappa shape index (κ3) is 4.32. The third-order valence-electron chi connectivity index (χ3n) is 4.79. The highest BCUT2D eigenvalue weighted by Crippen LogP contribution is 2.28. The largest absolute Gasteiger partial charge is 0.319 e. The molecule has 0 saturated heterocycles. The van der Waals surface area contributed by atoms with Crippen LogP contribution in [0.3, 0.4) is 0 Å². The summed E-state index contributed by atoms with van der Waals surface area (Å²) < 4.78 is 28.0. The summed E-state index contributed by atoms with van der Waals surface area (Å²) in [5.74, 6) is 0.809. The van der Waals surface area contributed by atoms with Crippen LogP contribution in [0.2, 0.25) is 0 Å². The highest BCUT2D eigenvalue weighted by atomic mass is 32.2. The van der Waals surface area contributed by atoms with Gasteiger partial charge in [-0.1, -0.05) is 48.0 Å². The summed E-state index contributed by atoms with van der Waals surface area (Å²) in [6.07, 6.45) is 1.15. The number of nitrogens with one attached hydrogen (secondary N) is 1. The number of rotatable bonds is 5. The minimum atomic E-state index is -3.35. The van der Waals surface area contributed by atoms with E-state index in [0.717, 1.165) is 28.7 Å². The summed E-state index contributed by atoms with van der Waals surface area (Å²) in [6, 6.07) is 22.0. The maximum Gasteiger partial charge on any atom is 0.229 e. The topological polar surface area (TPSA) is 64.0 Å². The Morgan fingerprint density at radius 2 is 1.66 bits per heavy atom. The van der Waals surface area contributed by atoms with E-state index in [9.17, 15) is 8.42 Å². The van der Waals surface area contributed by atoms with Crippen LogP contribution in [-0.4, -0.2) is 24.2 Å². The van der Waals surface area contributed by atoms with Crippen LogP contribution in [0.15, 0.2) is 66.7 Å². The fourth-order valence-corrected chi connectivity index (χ4v) is 3.98. The fourth-order valence-electron chi connectivity index (χ4n) is 3.43. The van der Waals surface area contributed by atoms with Gasteiger partial charge >= 0.3 is 0 Å². The summed E-state index contributed by atoms with van der Waals surface area (Å²) in [5, 5.41) is 0. The molecule has 29 heavy (non-hydrogen) atoms. The summed E-state index contributed by atoms with van der Waals surface area (Å²) in [5.41, 5.74) is 6.93. The molecule has 1 N–H and O–H groups in total. The van der Waals surface area contributed by atoms with Crippen molar-refractivity contribution >= 4 is 26.7 Å². The average molecular weight is 406 g/mol. The first kappa shape index (κ1) is 19.2. The molecule has 0 fully saturated rings. The maximum absolute atomic E-state index is 11.6. The second-order valence-electron chi connectivity index (χ2n) is 7.45. The van der Waals surface area contributed by atoms with Gasteiger partial charge in [0.1, 0.15) is 5.82 Å². The van der Waals surface area contributed by atoms with Gasteiger partial charge in [-0.2, -0.15) is 0 Å². The number of imidazole rings is 1. The quantitative estimate of drug-likeness (QED) is 0.522. The van der Waals surface area contributed by atoms with Crippen LogP contribution < -0.4 is 4.72 Å². The zero-order valence-electron chi connectivity index (χ0n) is 16.7. The Labute approximate surface area is 171 Å². The molecule has 5 nitrogen and oxygen atoms in total. The molecule has 0 spiro atoms. The van der Waals surface area contributed by atoms with Crippen LogP contribution in [0.4, 0.5) is 5.69 Å². The van der Waals surface area contributed by atoms with E-state index in [4.69, 9.17) is 4.98 Å². The highest BCUT2D eigenvalue weighted by Gasteiger charge is 2.14. The van der Waals surface area contributed by atoms with Crippen molar-refractivity contribution < 1.29 is 8.42 Å². The van der Waals surface area contributed by atoms with Crippen LogP contribution in [-0.2, 0) is 16.6 Å². The number of hydrogen-bond donors (Lipinski definition) is 1. The van der Waals surface area contributed by atoms with Gasteiger partial charge in [-0.05, 0) is 49.2 Å². The van der Waals surface area contributed by atoms with Gasteiger partial charge in [0.05, 0.1) is 17.3 Å². The first-order valence-electron chi connectivity index (χ1n) is 9.39. The standard InChI is InChI=1S/C23H23N3O2S/c1-16-7-10-18(11-8-16)15-26-22-13-17(2)9-12-21(22)24-23(26)19-5-4-6-20(14-19)25-29(3,27)28/h4-14,25H,15H2,1-3H3. The second-order valence-corrected chi connectivity index (χ2v) is 9.20. The summed E-state index contributed by atoms with van der Waals surface area (Å²) in [7, 11) is -3.35. The van der Waals surface area contributed by atoms with Crippen molar-refractivity contribution in [2.24, 2.45) is 0 Å². The van der Waals surface area contributed by atoms with Crippen molar-refractivity contribution in [1.29, 1.82) is 0 Å². The van der Waals surface area contributed by atoms with Crippen molar-refractivity contribution in [2.75, 3.05) is 11.0 Å². The number of anilines is 1. The molecule has 1 heterocycles. The van der Waals surface area contributed by atoms with Crippen LogP contribution in [0, 0.1) is 13.8 Å². The Balaban J connectivity index is 1.86. The van der Waals surface area contributed by atoms with E-state index in [0.29, 0.717) is 12.2 Å². The van der Waals surface area contributed by atoms with Gasteiger partial charge in [-0.3, -0.25) is 4.72 Å². The van der Waals surface area contributed by atoms with Crippen LogP contribution in [0.5, 0.6) is 0 Å². The molecule has 0 amide bonds. The van der Waals surface area contributed by atoms with Crippen molar-refractivity contribution in [2.45, 2.75) is 20.4 Å². The lowest BCUT2D eigenvalue weighted by Gasteiger charge is -2.12. The first-order valence-corrected chi connectivity index (χ1v) is 11.3. The monoisotopic (exact) mass is 405 g/mol. The second kappa shape index (κ2) is 7.37. The van der Waals surface area contributed by atoms with Crippen LogP contribution in [0.25, 0.3) is 22.4 Å². The smallest absolute Gasteiger partial charge is 0.229 e. The van der Waals surface area contributed by atoms with E-state index in [1.807, 2.05) is 24.3 Å². The molecule has 0 aliphatic heterocycles. The van der Waals surface area contributed by atoms with E-state index in [1.54, 1.807) is 6.07 Å². The molecular formula is C23H23N3O2S. The molecule has 1 aromatic heterocycles. The maximum atomic E-state index is 11.6. The third-order valence-corrected chi connectivity index (χ3v) is 5.40. The van der Waals surface area contributed by atoms with Gasteiger partial charge < -0.3 is 4.57 Å². The molecule has 0 bridgehead atoms. The zero-order chi connectivity index (χ0) is 20.6. The summed E-state index contributed by atoms with van der Waals surface area (Å²) in [6.45, 7) is 4.82. The molecule has 0 saturated carbocycles. The van der Waals surface area contributed by atoms with E-state index in [1.165, 1.54) is 16.7 Å². The lowest BCUT2D eigenvalue weighted by molar-refractivity contribution is 0.607. The minimum absolute atomic E-state index is 0.523. The van der Waals surface area contributed by atoms with Crippen LogP contribution >= 0.6 is 0 Å². The zero-order valence-corrected chi connectivity index (χ0v) is 17.5. The molecule has 0 atom stereocenters. The Bertz CT molecular complexity index is 1290. The normalized spacial score (nSPS) is 11.7. The van der Waals surface area contributed by atoms with Gasteiger partial charge in [0.15, 0.2) is 0 Å². The molecule has 4 rings (SSSR count). The number of aryl methyl sites for hydroxylation is 2. The molecule has 148 valence electrons. The minimum Gasteiger partial charge on any atom is -0.319 e. The number of benzene rings is 3. The number of fused-ring (bicyclic) bond motifs is 1. The Morgan fingerprint density at radius 3 is 2.38 bits per heavy atom. The lowest BCUT2D eigenvalue weighted by Crippen LogP contribution is -2.09. The van der Waals surface area contributed by atoms with E-state index < -0.39 is 10.0 Å². The Kier molecular flexibility index (Phi) is 4.88. The molecule has 0 aliphatic rings. The van der Waals surface area contributed by atoms with Crippen molar-refractivity contribution in [3.63, 3.8) is 0 Å². The summed E-state index contributed by atoms with van der Waals surface area (Å²) in [4.78, 5) is 4.86. The molecule has 4 aromatic rings. The predicted molar refractivity (Wildman–Crippen MR) is 119 cm³/mol. The summed E-state index contributed by atoms with van der Waals surface area (Å²) >= 11 is 0. The SMILES string of the molecule is Cc1ccc(Cn2c(-c3cccc(NS(C)(=O)=O)c3)nc3ccc(C)cc32)cc1.